The van der Waals surface area contributed by atoms with Crippen molar-refractivity contribution in [2.45, 2.75) is 19.7 Å². The van der Waals surface area contributed by atoms with Gasteiger partial charge in [-0.1, -0.05) is 23.4 Å². The summed E-state index contributed by atoms with van der Waals surface area (Å²) in [6.45, 7) is 1.23. The van der Waals surface area contributed by atoms with E-state index in [4.69, 9.17) is 14.7 Å². The summed E-state index contributed by atoms with van der Waals surface area (Å²) in [5.41, 5.74) is 1.52. The second-order valence-electron chi connectivity index (χ2n) is 6.34. The van der Waals surface area contributed by atoms with Crippen LogP contribution in [0.2, 0.25) is 0 Å². The molecule has 0 radical (unpaired) electrons. The average Bonchev–Trinajstić information content (AvgIpc) is 2.71. The lowest BCUT2D eigenvalue weighted by Gasteiger charge is -2.11. The Balaban J connectivity index is 1.76. The number of carbonyl (C=O) groups is 1. The van der Waals surface area contributed by atoms with Crippen molar-refractivity contribution in [3.63, 3.8) is 0 Å². The number of aromatic nitrogens is 1. The van der Waals surface area contributed by atoms with Crippen LogP contribution in [0.5, 0.6) is 5.75 Å². The third kappa shape index (κ3) is 5.05. The van der Waals surface area contributed by atoms with Gasteiger partial charge in [-0.15, -0.1) is 0 Å². The number of benzene rings is 2. The Kier molecular flexibility index (Phi) is 6.20. The molecule has 9 heteroatoms. The van der Waals surface area contributed by atoms with E-state index in [2.05, 4.69) is 10.1 Å². The maximum Gasteiger partial charge on any atom is 0.416 e. The van der Waals surface area contributed by atoms with E-state index in [9.17, 15) is 18.0 Å². The van der Waals surface area contributed by atoms with Crippen LogP contribution >= 0.6 is 0 Å². The highest BCUT2D eigenvalue weighted by atomic mass is 19.4. The standard InChI is InChI=1S/C21H17F3N2O4/c1-13(26-30-11-14-4-6-15(7-5-14)21(22,23)24)16-8-9-18(29-12-19(27)28)20-17(16)3-2-10-25-20/h2-10H,11-12H2,1H3,(H,27,28)/b26-13+. The van der Waals surface area contributed by atoms with Gasteiger partial charge in [0.05, 0.1) is 11.3 Å². The summed E-state index contributed by atoms with van der Waals surface area (Å²) in [5.74, 6) is -0.771. The lowest BCUT2D eigenvalue weighted by atomic mass is 10.0. The molecule has 1 heterocycles. The predicted molar refractivity (Wildman–Crippen MR) is 103 cm³/mol. The minimum Gasteiger partial charge on any atom is -0.480 e. The van der Waals surface area contributed by atoms with Crippen LogP contribution in [0, 0.1) is 0 Å². The number of rotatable bonds is 7. The third-order valence-corrected chi connectivity index (χ3v) is 4.19. The average molecular weight is 418 g/mol. The molecule has 156 valence electrons. The fraction of sp³-hybridized carbons (Fsp3) is 0.190. The largest absolute Gasteiger partial charge is 0.480 e. The Morgan fingerprint density at radius 1 is 1.13 bits per heavy atom. The first-order valence-electron chi connectivity index (χ1n) is 8.81. The van der Waals surface area contributed by atoms with Gasteiger partial charge in [-0.3, -0.25) is 4.98 Å². The molecular formula is C21H17F3N2O4. The highest BCUT2D eigenvalue weighted by Gasteiger charge is 2.29. The van der Waals surface area contributed by atoms with Gasteiger partial charge >= 0.3 is 12.1 Å². The van der Waals surface area contributed by atoms with E-state index in [1.807, 2.05) is 0 Å². The number of ether oxygens (including phenoxy) is 1. The number of hydrogen-bond acceptors (Lipinski definition) is 5. The van der Waals surface area contributed by atoms with Gasteiger partial charge in [-0.25, -0.2) is 4.79 Å². The van der Waals surface area contributed by atoms with Crippen LogP contribution in [-0.4, -0.2) is 28.4 Å². The summed E-state index contributed by atoms with van der Waals surface area (Å²) in [4.78, 5) is 20.3. The Hall–Kier alpha value is -3.62. The molecule has 0 aliphatic rings. The number of carboxylic acid groups (broad SMARTS) is 1. The van der Waals surface area contributed by atoms with E-state index in [1.54, 1.807) is 37.4 Å². The monoisotopic (exact) mass is 418 g/mol. The molecule has 6 nitrogen and oxygen atoms in total. The van der Waals surface area contributed by atoms with Gasteiger partial charge in [0, 0.05) is 17.1 Å². The van der Waals surface area contributed by atoms with Crippen molar-refractivity contribution in [2.24, 2.45) is 5.16 Å². The first kappa shape index (κ1) is 21.1. The molecule has 0 saturated carbocycles. The first-order valence-corrected chi connectivity index (χ1v) is 8.81. The Bertz CT molecular complexity index is 1080. The second kappa shape index (κ2) is 8.81. The molecule has 1 N–H and O–H groups in total. The highest BCUT2D eigenvalue weighted by Crippen LogP contribution is 2.29. The maximum absolute atomic E-state index is 12.6. The number of nitrogens with zero attached hydrogens (tertiary/aromatic N) is 2. The zero-order valence-corrected chi connectivity index (χ0v) is 15.8. The quantitative estimate of drug-likeness (QED) is 0.446. The van der Waals surface area contributed by atoms with Crippen LogP contribution in [0.15, 0.2) is 59.9 Å². The number of carboxylic acids is 1. The van der Waals surface area contributed by atoms with E-state index in [1.165, 1.54) is 12.1 Å². The Labute approximate surface area is 169 Å². The van der Waals surface area contributed by atoms with Gasteiger partial charge in [-0.2, -0.15) is 13.2 Å². The molecule has 0 amide bonds. The second-order valence-corrected chi connectivity index (χ2v) is 6.34. The van der Waals surface area contributed by atoms with E-state index in [0.717, 1.165) is 12.1 Å². The van der Waals surface area contributed by atoms with Gasteiger partial charge in [-0.05, 0) is 42.8 Å². The number of halogens is 3. The molecule has 0 atom stereocenters. The van der Waals surface area contributed by atoms with Crippen molar-refractivity contribution < 1.29 is 32.6 Å². The number of pyridine rings is 1. The molecule has 30 heavy (non-hydrogen) atoms. The molecule has 3 rings (SSSR count). The van der Waals surface area contributed by atoms with Crippen LogP contribution in [0.4, 0.5) is 13.2 Å². The van der Waals surface area contributed by atoms with Crippen molar-refractivity contribution in [1.82, 2.24) is 4.98 Å². The molecule has 0 unspecified atom stereocenters. The van der Waals surface area contributed by atoms with E-state index in [0.29, 0.717) is 33.5 Å². The Morgan fingerprint density at radius 2 is 1.87 bits per heavy atom. The number of alkyl halides is 3. The van der Waals surface area contributed by atoms with Gasteiger partial charge in [0.1, 0.15) is 17.9 Å². The van der Waals surface area contributed by atoms with Crippen molar-refractivity contribution in [1.29, 1.82) is 0 Å². The number of oxime groups is 1. The summed E-state index contributed by atoms with van der Waals surface area (Å²) in [6, 6.07) is 11.5. The van der Waals surface area contributed by atoms with Crippen LogP contribution < -0.4 is 4.74 Å². The first-order chi connectivity index (χ1) is 14.3. The fourth-order valence-electron chi connectivity index (χ4n) is 2.76. The summed E-state index contributed by atoms with van der Waals surface area (Å²) in [5, 5.41) is 13.5. The SMILES string of the molecule is C/C(=N\OCc1ccc(C(F)(F)F)cc1)c1ccc(OCC(=O)O)c2ncccc12. The summed E-state index contributed by atoms with van der Waals surface area (Å²) < 4.78 is 43.1. The molecule has 0 fully saturated rings. The molecule has 0 aliphatic heterocycles. The van der Waals surface area contributed by atoms with E-state index < -0.39 is 24.3 Å². The van der Waals surface area contributed by atoms with Crippen molar-refractivity contribution in [2.75, 3.05) is 6.61 Å². The van der Waals surface area contributed by atoms with Crippen LogP contribution in [0.25, 0.3) is 10.9 Å². The molecule has 3 aromatic rings. The fourth-order valence-corrected chi connectivity index (χ4v) is 2.76. The molecule has 0 saturated heterocycles. The zero-order chi connectivity index (χ0) is 21.7. The van der Waals surface area contributed by atoms with Crippen molar-refractivity contribution in [3.8, 4) is 5.75 Å². The van der Waals surface area contributed by atoms with Gasteiger partial charge in [0.2, 0.25) is 0 Å². The van der Waals surface area contributed by atoms with Gasteiger partial charge < -0.3 is 14.7 Å². The molecule has 0 aliphatic carbocycles. The normalized spacial score (nSPS) is 12.1. The number of aliphatic carboxylic acids is 1. The van der Waals surface area contributed by atoms with Crippen LogP contribution in [0.1, 0.15) is 23.6 Å². The smallest absolute Gasteiger partial charge is 0.416 e. The lowest BCUT2D eigenvalue weighted by Crippen LogP contribution is -2.10. The zero-order valence-electron chi connectivity index (χ0n) is 15.8. The maximum atomic E-state index is 12.6. The van der Waals surface area contributed by atoms with Crippen molar-refractivity contribution >= 4 is 22.6 Å². The Morgan fingerprint density at radius 3 is 2.53 bits per heavy atom. The van der Waals surface area contributed by atoms with Gasteiger partial charge in [0.25, 0.3) is 0 Å². The summed E-state index contributed by atoms with van der Waals surface area (Å²) >= 11 is 0. The van der Waals surface area contributed by atoms with E-state index in [-0.39, 0.29) is 6.61 Å². The number of hydrogen-bond donors (Lipinski definition) is 1. The predicted octanol–water partition coefficient (Wildman–Crippen LogP) is 4.66. The van der Waals surface area contributed by atoms with Crippen LogP contribution in [-0.2, 0) is 22.4 Å². The molecule has 0 bridgehead atoms. The van der Waals surface area contributed by atoms with Gasteiger partial charge in [0.15, 0.2) is 6.61 Å². The minimum atomic E-state index is -4.39. The third-order valence-electron chi connectivity index (χ3n) is 4.19. The molecular weight excluding hydrogens is 401 g/mol. The number of fused-ring (bicyclic) bond motifs is 1. The van der Waals surface area contributed by atoms with E-state index >= 15 is 0 Å². The summed E-state index contributed by atoms with van der Waals surface area (Å²) in [7, 11) is 0. The molecule has 1 aromatic heterocycles. The lowest BCUT2D eigenvalue weighted by molar-refractivity contribution is -0.139. The minimum absolute atomic E-state index is 0.00542. The van der Waals surface area contributed by atoms with Crippen LogP contribution in [0.3, 0.4) is 0 Å². The molecule has 0 spiro atoms. The highest BCUT2D eigenvalue weighted by molar-refractivity contribution is 6.10. The topological polar surface area (TPSA) is 81.0 Å². The molecule has 2 aromatic carbocycles. The summed E-state index contributed by atoms with van der Waals surface area (Å²) in [6.07, 6.45) is -2.82. The van der Waals surface area contributed by atoms with Crippen molar-refractivity contribution in [3.05, 3.63) is 71.4 Å².